The van der Waals surface area contributed by atoms with Crippen molar-refractivity contribution < 1.29 is 14.5 Å². The van der Waals surface area contributed by atoms with Crippen LogP contribution in [0.1, 0.15) is 27.7 Å². The van der Waals surface area contributed by atoms with Gasteiger partial charge in [0.1, 0.15) is 5.75 Å². The Bertz CT molecular complexity index is 463. The molecule has 0 N–H and O–H groups in total. The van der Waals surface area contributed by atoms with Gasteiger partial charge in [-0.3, -0.25) is 10.1 Å². The highest BCUT2D eigenvalue weighted by Gasteiger charge is 2.26. The molecule has 0 bridgehead atoms. The maximum atomic E-state index is 12.0. The van der Waals surface area contributed by atoms with Crippen molar-refractivity contribution in [2.75, 3.05) is 6.54 Å². The molecule has 1 aromatic rings. The van der Waals surface area contributed by atoms with E-state index in [0.717, 1.165) is 0 Å². The minimum Gasteiger partial charge on any atom is -0.410 e. The van der Waals surface area contributed by atoms with E-state index in [4.69, 9.17) is 4.74 Å². The molecule has 0 atom stereocenters. The van der Waals surface area contributed by atoms with E-state index in [1.807, 2.05) is 27.7 Å². The molecule has 0 aliphatic heterocycles. The average Bonchev–Trinajstić information content (AvgIpc) is 2.28. The summed E-state index contributed by atoms with van der Waals surface area (Å²) in [6, 6.07) is 5.42. The molecule has 0 saturated heterocycles. The monoisotopic (exact) mass is 266 g/mol. The van der Waals surface area contributed by atoms with Crippen molar-refractivity contribution in [1.82, 2.24) is 4.90 Å². The van der Waals surface area contributed by atoms with Crippen LogP contribution < -0.4 is 4.74 Å². The van der Waals surface area contributed by atoms with E-state index < -0.39 is 11.0 Å². The first-order valence-corrected chi connectivity index (χ1v) is 5.99. The molecule has 19 heavy (non-hydrogen) atoms. The van der Waals surface area contributed by atoms with Gasteiger partial charge in [0.05, 0.1) is 4.92 Å². The van der Waals surface area contributed by atoms with Crippen molar-refractivity contribution in [3.8, 4) is 5.75 Å². The number of carbonyl (C=O) groups excluding carboxylic acids is 1. The lowest BCUT2D eigenvalue weighted by atomic mass is 10.1. The SMILES string of the molecule is CCN(C(=O)Oc1ccc([N+](=O)[O-])cc1)C(C)(C)C. The number of benzene rings is 1. The number of hydrogen-bond acceptors (Lipinski definition) is 4. The molecule has 0 aromatic heterocycles. The maximum Gasteiger partial charge on any atom is 0.415 e. The minimum atomic E-state index is -0.501. The number of carbonyl (C=O) groups is 1. The Labute approximate surface area is 112 Å². The molecule has 0 heterocycles. The second kappa shape index (κ2) is 5.69. The van der Waals surface area contributed by atoms with E-state index in [0.29, 0.717) is 12.3 Å². The van der Waals surface area contributed by atoms with Gasteiger partial charge in [-0.15, -0.1) is 0 Å². The molecule has 0 fully saturated rings. The van der Waals surface area contributed by atoms with Crippen LogP contribution in [0.5, 0.6) is 5.75 Å². The van der Waals surface area contributed by atoms with Gasteiger partial charge in [0.15, 0.2) is 0 Å². The summed E-state index contributed by atoms with van der Waals surface area (Å²) in [6.45, 7) is 8.12. The first-order chi connectivity index (χ1) is 8.75. The topological polar surface area (TPSA) is 72.7 Å². The first kappa shape index (κ1) is 14.9. The quantitative estimate of drug-likeness (QED) is 0.622. The molecular weight excluding hydrogens is 248 g/mol. The molecular formula is C13H18N2O4. The summed E-state index contributed by atoms with van der Waals surface area (Å²) in [5.74, 6) is 0.290. The Kier molecular flexibility index (Phi) is 4.47. The summed E-state index contributed by atoms with van der Waals surface area (Å²) < 4.78 is 5.19. The highest BCUT2D eigenvalue weighted by Crippen LogP contribution is 2.20. The predicted octanol–water partition coefficient (Wildman–Crippen LogP) is 3.21. The summed E-state index contributed by atoms with van der Waals surface area (Å²) in [4.78, 5) is 23.6. The van der Waals surface area contributed by atoms with Crippen molar-refractivity contribution in [2.45, 2.75) is 33.2 Å². The molecule has 1 rings (SSSR count). The molecule has 0 radical (unpaired) electrons. The van der Waals surface area contributed by atoms with Crippen LogP contribution in [-0.4, -0.2) is 28.0 Å². The van der Waals surface area contributed by atoms with Crippen LogP contribution in [-0.2, 0) is 0 Å². The Balaban J connectivity index is 2.79. The third-order valence-corrected chi connectivity index (χ3v) is 2.60. The lowest BCUT2D eigenvalue weighted by Crippen LogP contribution is -2.46. The van der Waals surface area contributed by atoms with Gasteiger partial charge in [-0.2, -0.15) is 0 Å². The Morgan fingerprint density at radius 1 is 1.32 bits per heavy atom. The molecule has 6 heteroatoms. The van der Waals surface area contributed by atoms with Crippen molar-refractivity contribution in [2.24, 2.45) is 0 Å². The van der Waals surface area contributed by atoms with Gasteiger partial charge in [0.2, 0.25) is 0 Å². The summed E-state index contributed by atoms with van der Waals surface area (Å²) in [7, 11) is 0. The fraction of sp³-hybridized carbons (Fsp3) is 0.462. The van der Waals surface area contributed by atoms with E-state index >= 15 is 0 Å². The molecule has 1 aromatic carbocycles. The third kappa shape index (κ3) is 3.94. The van der Waals surface area contributed by atoms with Crippen molar-refractivity contribution in [3.63, 3.8) is 0 Å². The number of amides is 1. The second-order valence-corrected chi connectivity index (χ2v) is 5.03. The minimum absolute atomic E-state index is 0.0389. The zero-order valence-corrected chi connectivity index (χ0v) is 11.5. The van der Waals surface area contributed by atoms with Gasteiger partial charge < -0.3 is 9.64 Å². The molecule has 0 spiro atoms. The molecule has 6 nitrogen and oxygen atoms in total. The lowest BCUT2D eigenvalue weighted by molar-refractivity contribution is -0.384. The molecule has 1 amide bonds. The zero-order valence-electron chi connectivity index (χ0n) is 11.5. The molecule has 0 saturated carbocycles. The standard InChI is InChI=1S/C13H18N2O4/c1-5-14(13(2,3)4)12(16)19-11-8-6-10(7-9-11)15(17)18/h6-9H,5H2,1-4H3. The molecule has 0 unspecified atom stereocenters. The third-order valence-electron chi connectivity index (χ3n) is 2.60. The fourth-order valence-corrected chi connectivity index (χ4v) is 1.67. The van der Waals surface area contributed by atoms with Crippen LogP contribution in [0.15, 0.2) is 24.3 Å². The zero-order chi connectivity index (χ0) is 14.6. The van der Waals surface area contributed by atoms with Crippen molar-refractivity contribution >= 4 is 11.8 Å². The van der Waals surface area contributed by atoms with E-state index in [2.05, 4.69) is 0 Å². The number of ether oxygens (including phenoxy) is 1. The van der Waals surface area contributed by atoms with E-state index in [1.54, 1.807) is 4.90 Å². The van der Waals surface area contributed by atoms with Crippen LogP contribution in [0.3, 0.4) is 0 Å². The summed E-state index contributed by atoms with van der Waals surface area (Å²) in [5, 5.41) is 10.5. The van der Waals surface area contributed by atoms with Gasteiger partial charge >= 0.3 is 6.09 Å². The first-order valence-electron chi connectivity index (χ1n) is 5.99. The highest BCUT2D eigenvalue weighted by atomic mass is 16.6. The molecule has 0 aliphatic rings. The van der Waals surface area contributed by atoms with E-state index in [1.165, 1.54) is 24.3 Å². The van der Waals surface area contributed by atoms with Gasteiger partial charge in [-0.05, 0) is 39.8 Å². The van der Waals surface area contributed by atoms with E-state index in [9.17, 15) is 14.9 Å². The van der Waals surface area contributed by atoms with Crippen LogP contribution in [0.2, 0.25) is 0 Å². The van der Waals surface area contributed by atoms with Gasteiger partial charge in [0.25, 0.3) is 5.69 Å². The van der Waals surface area contributed by atoms with Gasteiger partial charge in [-0.25, -0.2) is 4.79 Å². The molecule has 104 valence electrons. The van der Waals surface area contributed by atoms with Crippen LogP contribution >= 0.6 is 0 Å². The largest absolute Gasteiger partial charge is 0.415 e. The van der Waals surface area contributed by atoms with Crippen LogP contribution in [0.4, 0.5) is 10.5 Å². The van der Waals surface area contributed by atoms with Gasteiger partial charge in [0, 0.05) is 24.2 Å². The average molecular weight is 266 g/mol. The maximum absolute atomic E-state index is 12.0. The highest BCUT2D eigenvalue weighted by molar-refractivity contribution is 5.71. The van der Waals surface area contributed by atoms with Crippen LogP contribution in [0, 0.1) is 10.1 Å². The van der Waals surface area contributed by atoms with E-state index in [-0.39, 0.29) is 11.2 Å². The number of rotatable bonds is 3. The summed E-state index contributed by atoms with van der Waals surface area (Å²) in [6.07, 6.45) is -0.469. The number of nitro benzene ring substituents is 1. The number of nitrogens with zero attached hydrogens (tertiary/aromatic N) is 2. The number of hydrogen-bond donors (Lipinski definition) is 0. The second-order valence-electron chi connectivity index (χ2n) is 5.03. The number of non-ortho nitro benzene ring substituents is 1. The molecule has 0 aliphatic carbocycles. The Morgan fingerprint density at radius 3 is 2.21 bits per heavy atom. The van der Waals surface area contributed by atoms with Crippen molar-refractivity contribution in [1.29, 1.82) is 0 Å². The van der Waals surface area contributed by atoms with Gasteiger partial charge in [-0.1, -0.05) is 0 Å². The van der Waals surface area contributed by atoms with Crippen LogP contribution in [0.25, 0.3) is 0 Å². The Morgan fingerprint density at radius 2 is 1.84 bits per heavy atom. The van der Waals surface area contributed by atoms with Crippen molar-refractivity contribution in [3.05, 3.63) is 34.4 Å². The Hall–Kier alpha value is -2.11. The smallest absolute Gasteiger partial charge is 0.410 e. The summed E-state index contributed by atoms with van der Waals surface area (Å²) >= 11 is 0. The normalized spacial score (nSPS) is 10.9. The lowest BCUT2D eigenvalue weighted by Gasteiger charge is -2.33. The predicted molar refractivity (Wildman–Crippen MR) is 71.3 cm³/mol. The number of nitro groups is 1. The fourth-order valence-electron chi connectivity index (χ4n) is 1.67. The summed E-state index contributed by atoms with van der Waals surface area (Å²) in [5.41, 5.74) is -0.380.